The second-order valence-corrected chi connectivity index (χ2v) is 3.90. The molecule has 0 spiro atoms. The van der Waals surface area contributed by atoms with E-state index in [9.17, 15) is 13.2 Å². The molecule has 18 heavy (non-hydrogen) atoms. The fraction of sp³-hybridized carbons (Fsp3) is 0.273. The normalized spacial score (nSPS) is 11.0. The summed E-state index contributed by atoms with van der Waals surface area (Å²) in [5, 5.41) is 3.96. The zero-order valence-electron chi connectivity index (χ0n) is 9.69. The van der Waals surface area contributed by atoms with Gasteiger partial charge in [-0.3, -0.25) is 4.68 Å². The summed E-state index contributed by atoms with van der Waals surface area (Å²) >= 11 is 0. The summed E-state index contributed by atoms with van der Waals surface area (Å²) in [5.41, 5.74) is 0. The van der Waals surface area contributed by atoms with E-state index < -0.39 is 23.5 Å². The van der Waals surface area contributed by atoms with Gasteiger partial charge >= 0.3 is 0 Å². The molecule has 0 bridgehead atoms. The summed E-state index contributed by atoms with van der Waals surface area (Å²) in [4.78, 5) is 3.05. The van der Waals surface area contributed by atoms with E-state index in [1.54, 1.807) is 4.68 Å². The van der Waals surface area contributed by atoms with E-state index in [1.807, 2.05) is 13.8 Å². The summed E-state index contributed by atoms with van der Waals surface area (Å²) in [6.07, 6.45) is 2.84. The Balaban J connectivity index is 2.25. The van der Waals surface area contributed by atoms with Gasteiger partial charge in [-0.2, -0.15) is 14.5 Å². The van der Waals surface area contributed by atoms with E-state index in [-0.39, 0.29) is 11.8 Å². The van der Waals surface area contributed by atoms with Gasteiger partial charge in [-0.25, -0.2) is 8.78 Å². The standard InChI is InChI=1S/C11H10F3N3O/c1-6(2)17-5-7(4-15-17)18-11-9(13)3-8(12)10(14)16-11/h3-6H,1-2H3. The Morgan fingerprint density at radius 2 is 1.94 bits per heavy atom. The van der Waals surface area contributed by atoms with Gasteiger partial charge in [0.1, 0.15) is 0 Å². The minimum absolute atomic E-state index is 0.102. The van der Waals surface area contributed by atoms with Crippen molar-refractivity contribution in [2.24, 2.45) is 0 Å². The number of halogens is 3. The molecule has 0 unspecified atom stereocenters. The number of pyridine rings is 1. The van der Waals surface area contributed by atoms with Crippen LogP contribution in [0.5, 0.6) is 11.6 Å². The molecule has 7 heteroatoms. The smallest absolute Gasteiger partial charge is 0.258 e. The maximum atomic E-state index is 13.3. The Hall–Kier alpha value is -2.05. The van der Waals surface area contributed by atoms with Crippen LogP contribution in [0.1, 0.15) is 19.9 Å². The molecule has 96 valence electrons. The predicted octanol–water partition coefficient (Wildman–Crippen LogP) is 3.07. The monoisotopic (exact) mass is 257 g/mol. The number of rotatable bonds is 3. The Bertz CT molecular complexity index is 569. The SMILES string of the molecule is CC(C)n1cc(Oc2nc(F)c(F)cc2F)cn1. The molecule has 0 fully saturated rings. The van der Waals surface area contributed by atoms with Crippen LogP contribution < -0.4 is 4.74 Å². The third kappa shape index (κ3) is 2.44. The summed E-state index contributed by atoms with van der Waals surface area (Å²) < 4.78 is 45.3. The first-order valence-corrected chi connectivity index (χ1v) is 5.21. The van der Waals surface area contributed by atoms with Gasteiger partial charge in [-0.1, -0.05) is 0 Å². The Kier molecular flexibility index (Phi) is 3.22. The van der Waals surface area contributed by atoms with E-state index in [4.69, 9.17) is 4.74 Å². The quantitative estimate of drug-likeness (QED) is 0.793. The lowest BCUT2D eigenvalue weighted by Crippen LogP contribution is -2.00. The molecule has 2 rings (SSSR count). The first-order chi connectivity index (χ1) is 8.47. The fourth-order valence-corrected chi connectivity index (χ4v) is 1.27. The van der Waals surface area contributed by atoms with Crippen LogP contribution in [0.15, 0.2) is 18.5 Å². The molecule has 0 radical (unpaired) electrons. The van der Waals surface area contributed by atoms with Crippen molar-refractivity contribution in [2.75, 3.05) is 0 Å². The fourth-order valence-electron chi connectivity index (χ4n) is 1.27. The second-order valence-electron chi connectivity index (χ2n) is 3.90. The van der Waals surface area contributed by atoms with Gasteiger partial charge in [-0.15, -0.1) is 0 Å². The van der Waals surface area contributed by atoms with Crippen LogP contribution in [0.4, 0.5) is 13.2 Å². The van der Waals surface area contributed by atoms with E-state index in [0.717, 1.165) is 0 Å². The number of aromatic nitrogens is 3. The first kappa shape index (κ1) is 12.4. The van der Waals surface area contributed by atoms with Crippen molar-refractivity contribution in [1.29, 1.82) is 0 Å². The van der Waals surface area contributed by atoms with E-state index in [1.165, 1.54) is 12.4 Å². The molecule has 0 atom stereocenters. The summed E-state index contributed by atoms with van der Waals surface area (Å²) in [7, 11) is 0. The van der Waals surface area contributed by atoms with Crippen LogP contribution >= 0.6 is 0 Å². The molecule has 4 nitrogen and oxygen atoms in total. The van der Waals surface area contributed by atoms with Crippen molar-refractivity contribution < 1.29 is 17.9 Å². The Morgan fingerprint density at radius 3 is 2.56 bits per heavy atom. The summed E-state index contributed by atoms with van der Waals surface area (Å²) in [6.45, 7) is 3.79. The molecule has 2 aromatic heterocycles. The lowest BCUT2D eigenvalue weighted by Gasteiger charge is -2.04. The lowest BCUT2D eigenvalue weighted by atomic mass is 10.4. The average Bonchev–Trinajstić information content (AvgIpc) is 2.74. The molecule has 0 aliphatic rings. The number of hydrogen-bond donors (Lipinski definition) is 0. The molecular weight excluding hydrogens is 247 g/mol. The van der Waals surface area contributed by atoms with Crippen LogP contribution in [-0.4, -0.2) is 14.8 Å². The second kappa shape index (κ2) is 4.67. The lowest BCUT2D eigenvalue weighted by molar-refractivity contribution is 0.386. The van der Waals surface area contributed by atoms with Crippen LogP contribution in [0.25, 0.3) is 0 Å². The average molecular weight is 257 g/mol. The van der Waals surface area contributed by atoms with Crippen molar-refractivity contribution in [3.63, 3.8) is 0 Å². The van der Waals surface area contributed by atoms with Crippen molar-refractivity contribution in [2.45, 2.75) is 19.9 Å². The summed E-state index contributed by atoms with van der Waals surface area (Å²) in [6, 6.07) is 0.481. The van der Waals surface area contributed by atoms with Crippen molar-refractivity contribution >= 4 is 0 Å². The molecule has 0 saturated carbocycles. The maximum absolute atomic E-state index is 13.3. The van der Waals surface area contributed by atoms with Gasteiger partial charge in [0.05, 0.1) is 12.4 Å². The minimum atomic E-state index is -1.41. The maximum Gasteiger partial charge on any atom is 0.258 e. The molecule has 0 N–H and O–H groups in total. The van der Waals surface area contributed by atoms with Crippen LogP contribution in [0.3, 0.4) is 0 Å². The highest BCUT2D eigenvalue weighted by atomic mass is 19.2. The van der Waals surface area contributed by atoms with Gasteiger partial charge in [0.2, 0.25) is 0 Å². The van der Waals surface area contributed by atoms with Crippen molar-refractivity contribution in [3.8, 4) is 11.6 Å². The van der Waals surface area contributed by atoms with Crippen molar-refractivity contribution in [3.05, 3.63) is 36.0 Å². The molecule has 0 aliphatic carbocycles. The zero-order chi connectivity index (χ0) is 13.3. The Labute approximate surface area is 101 Å². The van der Waals surface area contributed by atoms with Gasteiger partial charge in [0.15, 0.2) is 17.4 Å². The summed E-state index contributed by atoms with van der Waals surface area (Å²) in [5.74, 6) is -4.29. The third-order valence-corrected chi connectivity index (χ3v) is 2.18. The molecule has 0 amide bonds. The third-order valence-electron chi connectivity index (χ3n) is 2.18. The van der Waals surface area contributed by atoms with Gasteiger partial charge in [-0.05, 0) is 13.8 Å². The topological polar surface area (TPSA) is 39.9 Å². The molecule has 2 heterocycles. The predicted molar refractivity (Wildman–Crippen MR) is 56.8 cm³/mol. The van der Waals surface area contributed by atoms with Crippen LogP contribution in [0.2, 0.25) is 0 Å². The molecule has 2 aromatic rings. The number of ether oxygens (including phenoxy) is 1. The molecule has 0 aliphatic heterocycles. The van der Waals surface area contributed by atoms with Gasteiger partial charge in [0, 0.05) is 12.1 Å². The first-order valence-electron chi connectivity index (χ1n) is 5.21. The van der Waals surface area contributed by atoms with Gasteiger partial charge < -0.3 is 4.74 Å². The number of hydrogen-bond acceptors (Lipinski definition) is 3. The molecular formula is C11H10F3N3O. The highest BCUT2D eigenvalue weighted by Crippen LogP contribution is 2.23. The highest BCUT2D eigenvalue weighted by molar-refractivity contribution is 5.23. The van der Waals surface area contributed by atoms with E-state index >= 15 is 0 Å². The van der Waals surface area contributed by atoms with E-state index in [0.29, 0.717) is 6.07 Å². The zero-order valence-corrected chi connectivity index (χ0v) is 9.69. The molecule has 0 aromatic carbocycles. The largest absolute Gasteiger partial charge is 0.433 e. The van der Waals surface area contributed by atoms with Crippen molar-refractivity contribution in [1.82, 2.24) is 14.8 Å². The molecule has 0 saturated heterocycles. The van der Waals surface area contributed by atoms with Crippen LogP contribution in [-0.2, 0) is 0 Å². The van der Waals surface area contributed by atoms with Gasteiger partial charge in [0.25, 0.3) is 11.8 Å². The Morgan fingerprint density at radius 1 is 1.22 bits per heavy atom. The van der Waals surface area contributed by atoms with Crippen LogP contribution in [0, 0.1) is 17.6 Å². The minimum Gasteiger partial charge on any atom is -0.433 e. The highest BCUT2D eigenvalue weighted by Gasteiger charge is 2.14. The number of nitrogens with zero attached hydrogens (tertiary/aromatic N) is 3. The van der Waals surface area contributed by atoms with E-state index in [2.05, 4.69) is 10.1 Å².